The van der Waals surface area contributed by atoms with E-state index in [1.807, 2.05) is 0 Å². The molecule has 0 spiro atoms. The molecule has 0 unspecified atom stereocenters. The summed E-state index contributed by atoms with van der Waals surface area (Å²) in [5, 5.41) is 0. The Kier molecular flexibility index (Phi) is 6.54. The van der Waals surface area contributed by atoms with Crippen LogP contribution >= 0.6 is 0 Å². The lowest BCUT2D eigenvalue weighted by Crippen LogP contribution is -1.92. The lowest BCUT2D eigenvalue weighted by atomic mass is 10.1. The van der Waals surface area contributed by atoms with Crippen molar-refractivity contribution < 1.29 is 4.74 Å². The third-order valence-electron chi connectivity index (χ3n) is 1.79. The highest BCUT2D eigenvalue weighted by molar-refractivity contribution is 5.24. The van der Waals surface area contributed by atoms with Crippen LogP contribution in [0.3, 0.4) is 0 Å². The van der Waals surface area contributed by atoms with Crippen LogP contribution in [0.1, 0.15) is 40.0 Å². The predicted molar refractivity (Wildman–Crippen MR) is 54.0 cm³/mol. The van der Waals surface area contributed by atoms with Gasteiger partial charge in [-0.2, -0.15) is 0 Å². The molecule has 0 radical (unpaired) electrons. The third kappa shape index (κ3) is 3.61. The Labute approximate surface area is 76.1 Å². The van der Waals surface area contributed by atoms with Crippen molar-refractivity contribution in [1.82, 2.24) is 0 Å². The molecule has 0 saturated heterocycles. The van der Waals surface area contributed by atoms with Crippen LogP contribution in [-0.4, -0.2) is 7.11 Å². The van der Waals surface area contributed by atoms with Crippen molar-refractivity contribution in [3.05, 3.63) is 23.5 Å². The van der Waals surface area contributed by atoms with Gasteiger partial charge in [-0.05, 0) is 31.4 Å². The summed E-state index contributed by atoms with van der Waals surface area (Å²) in [5.74, 6) is 1.04. The molecule has 0 rings (SSSR count). The molecule has 0 atom stereocenters. The molecule has 0 N–H and O–H groups in total. The molecule has 0 aliphatic rings. The third-order valence-corrected chi connectivity index (χ3v) is 1.79. The monoisotopic (exact) mass is 168 g/mol. The van der Waals surface area contributed by atoms with Crippen molar-refractivity contribution >= 4 is 0 Å². The second kappa shape index (κ2) is 6.96. The summed E-state index contributed by atoms with van der Waals surface area (Å²) in [4.78, 5) is 0. The van der Waals surface area contributed by atoms with Crippen molar-refractivity contribution in [2.45, 2.75) is 40.0 Å². The van der Waals surface area contributed by atoms with Crippen LogP contribution in [0, 0.1) is 0 Å². The van der Waals surface area contributed by atoms with Crippen LogP contribution in [0.2, 0.25) is 0 Å². The molecule has 0 aromatic heterocycles. The van der Waals surface area contributed by atoms with Crippen LogP contribution in [0.4, 0.5) is 0 Å². The van der Waals surface area contributed by atoms with Gasteiger partial charge in [0.2, 0.25) is 0 Å². The lowest BCUT2D eigenvalue weighted by Gasteiger charge is -2.09. The first kappa shape index (κ1) is 11.3. The van der Waals surface area contributed by atoms with Crippen LogP contribution in [0.15, 0.2) is 23.5 Å². The normalized spacial score (nSPS) is 13.3. The molecule has 1 heteroatoms. The van der Waals surface area contributed by atoms with Gasteiger partial charge in [-0.3, -0.25) is 0 Å². The van der Waals surface area contributed by atoms with Crippen LogP contribution in [0.5, 0.6) is 0 Å². The average Bonchev–Trinajstić information content (AvgIpc) is 2.11. The van der Waals surface area contributed by atoms with Gasteiger partial charge in [0.15, 0.2) is 0 Å². The lowest BCUT2D eigenvalue weighted by molar-refractivity contribution is 0.296. The molecule has 0 aromatic rings. The van der Waals surface area contributed by atoms with Crippen molar-refractivity contribution in [3.63, 3.8) is 0 Å². The number of methoxy groups -OCH3 is 1. The molecule has 0 aliphatic carbocycles. The molecule has 0 bridgehead atoms. The highest BCUT2D eigenvalue weighted by Gasteiger charge is 2.01. The fourth-order valence-corrected chi connectivity index (χ4v) is 1.21. The molecular formula is C11H20O. The Balaban J connectivity index is 4.35. The first-order chi connectivity index (χ1) is 5.79. The first-order valence-electron chi connectivity index (χ1n) is 4.69. The summed E-state index contributed by atoms with van der Waals surface area (Å²) in [6, 6.07) is 0. The summed E-state index contributed by atoms with van der Waals surface area (Å²) in [6.07, 6.45) is 7.57. The Hall–Kier alpha value is -0.720. The number of ether oxygens (including phenoxy) is 1. The van der Waals surface area contributed by atoms with E-state index in [1.165, 1.54) is 12.0 Å². The topological polar surface area (TPSA) is 9.23 Å². The minimum atomic E-state index is 1.03. The largest absolute Gasteiger partial charge is 0.497 e. The summed E-state index contributed by atoms with van der Waals surface area (Å²) in [7, 11) is 1.74. The zero-order valence-electron chi connectivity index (χ0n) is 8.68. The van der Waals surface area contributed by atoms with Crippen LogP contribution in [-0.2, 0) is 4.74 Å². The fraction of sp³-hybridized carbons (Fsp3) is 0.636. The summed E-state index contributed by atoms with van der Waals surface area (Å²) < 4.78 is 5.29. The van der Waals surface area contributed by atoms with E-state index in [2.05, 4.69) is 32.9 Å². The Morgan fingerprint density at radius 2 is 2.00 bits per heavy atom. The summed E-state index contributed by atoms with van der Waals surface area (Å²) in [6.45, 7) is 6.37. The smallest absolute Gasteiger partial charge is 0.117 e. The number of hydrogen-bond acceptors (Lipinski definition) is 1. The van der Waals surface area contributed by atoms with Gasteiger partial charge in [0.05, 0.1) is 7.11 Å². The van der Waals surface area contributed by atoms with E-state index in [0.717, 1.165) is 18.6 Å². The quantitative estimate of drug-likeness (QED) is 0.449. The van der Waals surface area contributed by atoms with E-state index in [9.17, 15) is 0 Å². The molecule has 0 saturated carbocycles. The molecule has 12 heavy (non-hydrogen) atoms. The van der Waals surface area contributed by atoms with Crippen molar-refractivity contribution in [2.75, 3.05) is 7.11 Å². The van der Waals surface area contributed by atoms with Crippen molar-refractivity contribution in [2.24, 2.45) is 0 Å². The number of rotatable bonds is 5. The van der Waals surface area contributed by atoms with Crippen LogP contribution in [0.25, 0.3) is 0 Å². The van der Waals surface area contributed by atoms with Gasteiger partial charge in [0.25, 0.3) is 0 Å². The van der Waals surface area contributed by atoms with E-state index < -0.39 is 0 Å². The van der Waals surface area contributed by atoms with Gasteiger partial charge >= 0.3 is 0 Å². The van der Waals surface area contributed by atoms with E-state index in [4.69, 9.17) is 4.74 Å². The Bertz CT molecular complexity index is 166. The molecule has 0 heterocycles. The molecule has 0 fully saturated rings. The zero-order valence-corrected chi connectivity index (χ0v) is 8.68. The maximum absolute atomic E-state index is 5.29. The van der Waals surface area contributed by atoms with Gasteiger partial charge in [-0.1, -0.05) is 26.3 Å². The van der Waals surface area contributed by atoms with E-state index in [1.54, 1.807) is 7.11 Å². The molecule has 0 aliphatic heterocycles. The van der Waals surface area contributed by atoms with Crippen molar-refractivity contribution in [1.29, 1.82) is 0 Å². The Morgan fingerprint density at radius 3 is 2.33 bits per heavy atom. The maximum atomic E-state index is 5.29. The van der Waals surface area contributed by atoms with Gasteiger partial charge in [-0.25, -0.2) is 0 Å². The number of allylic oxidation sites excluding steroid dienone is 3. The first-order valence-corrected chi connectivity index (χ1v) is 4.69. The van der Waals surface area contributed by atoms with Crippen LogP contribution < -0.4 is 0 Å². The predicted octanol–water partition coefficient (Wildman–Crippen LogP) is 3.67. The zero-order chi connectivity index (χ0) is 9.40. The van der Waals surface area contributed by atoms with E-state index >= 15 is 0 Å². The highest BCUT2D eigenvalue weighted by Crippen LogP contribution is 2.16. The summed E-state index contributed by atoms with van der Waals surface area (Å²) >= 11 is 0. The molecule has 70 valence electrons. The fourth-order valence-electron chi connectivity index (χ4n) is 1.21. The molecular weight excluding hydrogens is 148 g/mol. The van der Waals surface area contributed by atoms with E-state index in [0.29, 0.717) is 0 Å². The minimum absolute atomic E-state index is 1.03. The number of hydrogen-bond donors (Lipinski definition) is 0. The standard InChI is InChI=1S/C11H20O/c1-5-8-10(7-3)11(12-4)9-6-2/h7,9H,5-6,8H2,1-4H3/b10-7-,11-9+. The Morgan fingerprint density at radius 1 is 1.33 bits per heavy atom. The van der Waals surface area contributed by atoms with Gasteiger partial charge in [0.1, 0.15) is 5.76 Å². The van der Waals surface area contributed by atoms with Gasteiger partial charge in [0, 0.05) is 0 Å². The SMILES string of the molecule is C/C=C(CCC)\C(=C/CC)OC. The molecule has 1 nitrogen and oxygen atoms in total. The second-order valence-corrected chi connectivity index (χ2v) is 2.74. The van der Waals surface area contributed by atoms with Crippen molar-refractivity contribution in [3.8, 4) is 0 Å². The highest BCUT2D eigenvalue weighted by atomic mass is 16.5. The van der Waals surface area contributed by atoms with Gasteiger partial charge in [-0.15, -0.1) is 0 Å². The minimum Gasteiger partial charge on any atom is -0.497 e. The van der Waals surface area contributed by atoms with Gasteiger partial charge < -0.3 is 4.74 Å². The average molecular weight is 168 g/mol. The second-order valence-electron chi connectivity index (χ2n) is 2.74. The molecule has 0 aromatic carbocycles. The van der Waals surface area contributed by atoms with E-state index in [-0.39, 0.29) is 0 Å². The summed E-state index contributed by atoms with van der Waals surface area (Å²) in [5.41, 5.74) is 1.32. The maximum Gasteiger partial charge on any atom is 0.117 e. The molecule has 0 amide bonds.